The Kier molecular flexibility index (Phi) is 5.29. The molecule has 4 heteroatoms. The largest absolute Gasteiger partial charge is 0.320 e. The minimum atomic E-state index is -0.144. The first kappa shape index (κ1) is 14.3. The van der Waals surface area contributed by atoms with Gasteiger partial charge in [0.2, 0.25) is 0 Å². The van der Waals surface area contributed by atoms with E-state index in [1.165, 1.54) is 0 Å². The van der Waals surface area contributed by atoms with E-state index >= 15 is 0 Å². The maximum atomic E-state index is 6.13. The van der Waals surface area contributed by atoms with Crippen LogP contribution >= 0.6 is 35.6 Å². The van der Waals surface area contributed by atoms with E-state index < -0.39 is 0 Å². The lowest BCUT2D eigenvalue weighted by molar-refractivity contribution is 0.872. The molecule has 0 amide bonds. The van der Waals surface area contributed by atoms with E-state index in [1.807, 2.05) is 48.5 Å². The van der Waals surface area contributed by atoms with Crippen molar-refractivity contribution in [1.82, 2.24) is 0 Å². The van der Waals surface area contributed by atoms with Crippen molar-refractivity contribution in [3.63, 3.8) is 0 Å². The van der Waals surface area contributed by atoms with Crippen molar-refractivity contribution < 1.29 is 0 Å². The molecule has 0 aliphatic carbocycles. The first-order valence-electron chi connectivity index (χ1n) is 4.93. The van der Waals surface area contributed by atoms with Crippen LogP contribution in [0.3, 0.4) is 0 Å². The molecule has 0 spiro atoms. The van der Waals surface area contributed by atoms with E-state index in [2.05, 4.69) is 0 Å². The smallest absolute Gasteiger partial charge is 0.0551 e. The van der Waals surface area contributed by atoms with Crippen LogP contribution in [0.5, 0.6) is 0 Å². The molecule has 2 aromatic rings. The summed E-state index contributed by atoms with van der Waals surface area (Å²) in [6.45, 7) is 0. The zero-order valence-corrected chi connectivity index (χ0v) is 11.3. The Hall–Kier alpha value is -0.730. The molecule has 0 radical (unpaired) electrons. The third-order valence-electron chi connectivity index (χ3n) is 2.46. The standard InChI is InChI=1S/C13H11Cl2N.ClH/c14-11-5-1-9(2-6-11)13(16)10-3-7-12(15)8-4-10;/h1-8,13H,16H2;1H. The lowest BCUT2D eigenvalue weighted by Gasteiger charge is -2.12. The highest BCUT2D eigenvalue weighted by molar-refractivity contribution is 6.30. The van der Waals surface area contributed by atoms with Gasteiger partial charge in [0.25, 0.3) is 0 Å². The molecule has 2 N–H and O–H groups in total. The second-order valence-electron chi connectivity index (χ2n) is 3.58. The van der Waals surface area contributed by atoms with E-state index in [0.29, 0.717) is 10.0 Å². The molecular formula is C13H12Cl3N. The maximum absolute atomic E-state index is 6.13. The van der Waals surface area contributed by atoms with Crippen LogP contribution < -0.4 is 5.73 Å². The summed E-state index contributed by atoms with van der Waals surface area (Å²) in [6.07, 6.45) is 0. The normalized spacial score (nSPS) is 10.1. The van der Waals surface area contributed by atoms with Crippen molar-refractivity contribution in [1.29, 1.82) is 0 Å². The molecular weight excluding hydrogens is 277 g/mol. The number of benzene rings is 2. The topological polar surface area (TPSA) is 26.0 Å². The summed E-state index contributed by atoms with van der Waals surface area (Å²) in [7, 11) is 0. The molecule has 0 fully saturated rings. The van der Waals surface area contributed by atoms with Gasteiger partial charge in [-0.05, 0) is 35.4 Å². The van der Waals surface area contributed by atoms with Gasteiger partial charge in [-0.1, -0.05) is 47.5 Å². The minimum absolute atomic E-state index is 0. The minimum Gasteiger partial charge on any atom is -0.320 e. The highest BCUT2D eigenvalue weighted by Gasteiger charge is 2.08. The van der Waals surface area contributed by atoms with Crippen molar-refractivity contribution in [2.45, 2.75) is 6.04 Å². The molecule has 0 saturated heterocycles. The van der Waals surface area contributed by atoms with Crippen LogP contribution in [0.25, 0.3) is 0 Å². The molecule has 0 aromatic heterocycles. The van der Waals surface area contributed by atoms with Crippen molar-refractivity contribution in [3.8, 4) is 0 Å². The molecule has 0 atom stereocenters. The second kappa shape index (κ2) is 6.27. The SMILES string of the molecule is Cl.NC(c1ccc(Cl)cc1)c1ccc(Cl)cc1. The molecule has 2 rings (SSSR count). The molecule has 0 unspecified atom stereocenters. The van der Waals surface area contributed by atoms with Crippen molar-refractivity contribution in [2.75, 3.05) is 0 Å². The van der Waals surface area contributed by atoms with E-state index in [0.717, 1.165) is 11.1 Å². The number of rotatable bonds is 2. The van der Waals surface area contributed by atoms with Gasteiger partial charge in [0, 0.05) is 10.0 Å². The molecule has 1 nitrogen and oxygen atoms in total. The Morgan fingerprint density at radius 1 is 0.706 bits per heavy atom. The fraction of sp³-hybridized carbons (Fsp3) is 0.0769. The van der Waals surface area contributed by atoms with Gasteiger partial charge in [0.15, 0.2) is 0 Å². The summed E-state index contributed by atoms with van der Waals surface area (Å²) < 4.78 is 0. The highest BCUT2D eigenvalue weighted by atomic mass is 35.5. The third-order valence-corrected chi connectivity index (χ3v) is 2.96. The van der Waals surface area contributed by atoms with E-state index in [-0.39, 0.29) is 18.4 Å². The van der Waals surface area contributed by atoms with Gasteiger partial charge in [-0.15, -0.1) is 12.4 Å². The molecule has 0 heterocycles. The number of halogens is 3. The highest BCUT2D eigenvalue weighted by Crippen LogP contribution is 2.22. The van der Waals surface area contributed by atoms with Crippen LogP contribution in [0.1, 0.15) is 17.2 Å². The second-order valence-corrected chi connectivity index (χ2v) is 4.45. The van der Waals surface area contributed by atoms with Crippen LogP contribution in [0.2, 0.25) is 10.0 Å². The number of nitrogens with two attached hydrogens (primary N) is 1. The van der Waals surface area contributed by atoms with Crippen molar-refractivity contribution in [2.24, 2.45) is 5.73 Å². The molecule has 2 aromatic carbocycles. The number of hydrogen-bond acceptors (Lipinski definition) is 1. The van der Waals surface area contributed by atoms with Crippen LogP contribution in [-0.4, -0.2) is 0 Å². The van der Waals surface area contributed by atoms with E-state index in [4.69, 9.17) is 28.9 Å². The van der Waals surface area contributed by atoms with Crippen molar-refractivity contribution in [3.05, 3.63) is 69.7 Å². The summed E-state index contributed by atoms with van der Waals surface area (Å²) in [5.41, 5.74) is 8.20. The molecule has 0 aliphatic rings. The Balaban J connectivity index is 0.00000144. The van der Waals surface area contributed by atoms with Crippen LogP contribution in [0.4, 0.5) is 0 Å². The van der Waals surface area contributed by atoms with Crippen LogP contribution in [-0.2, 0) is 0 Å². The maximum Gasteiger partial charge on any atom is 0.0551 e. The molecule has 0 saturated carbocycles. The predicted molar refractivity (Wildman–Crippen MR) is 76.2 cm³/mol. The average Bonchev–Trinajstić information content (AvgIpc) is 2.30. The lowest BCUT2D eigenvalue weighted by Crippen LogP contribution is -2.11. The van der Waals surface area contributed by atoms with Gasteiger partial charge in [-0.3, -0.25) is 0 Å². The number of hydrogen-bond donors (Lipinski definition) is 1. The predicted octanol–water partition coefficient (Wildman–Crippen LogP) is 4.46. The van der Waals surface area contributed by atoms with Gasteiger partial charge < -0.3 is 5.73 Å². The monoisotopic (exact) mass is 287 g/mol. The summed E-state index contributed by atoms with van der Waals surface area (Å²) in [6, 6.07) is 14.9. The summed E-state index contributed by atoms with van der Waals surface area (Å²) >= 11 is 11.6. The van der Waals surface area contributed by atoms with Crippen molar-refractivity contribution >= 4 is 35.6 Å². The lowest BCUT2D eigenvalue weighted by atomic mass is 10.00. The molecule has 0 bridgehead atoms. The Bertz CT molecular complexity index is 420. The Morgan fingerprint density at radius 3 is 1.29 bits per heavy atom. The molecule has 17 heavy (non-hydrogen) atoms. The van der Waals surface area contributed by atoms with E-state index in [1.54, 1.807) is 0 Å². The van der Waals surface area contributed by atoms with Crippen LogP contribution in [0.15, 0.2) is 48.5 Å². The van der Waals surface area contributed by atoms with Gasteiger partial charge in [0.05, 0.1) is 6.04 Å². The molecule has 0 aliphatic heterocycles. The molecule has 90 valence electrons. The first-order valence-corrected chi connectivity index (χ1v) is 5.69. The zero-order valence-electron chi connectivity index (χ0n) is 8.94. The van der Waals surface area contributed by atoms with Gasteiger partial charge in [-0.2, -0.15) is 0 Å². The summed E-state index contributed by atoms with van der Waals surface area (Å²) in [4.78, 5) is 0. The fourth-order valence-corrected chi connectivity index (χ4v) is 1.78. The Labute approximate surface area is 117 Å². The fourth-order valence-electron chi connectivity index (χ4n) is 1.53. The quantitative estimate of drug-likeness (QED) is 0.867. The summed E-state index contributed by atoms with van der Waals surface area (Å²) in [5, 5.41) is 1.43. The van der Waals surface area contributed by atoms with E-state index in [9.17, 15) is 0 Å². The Morgan fingerprint density at radius 2 is 1.00 bits per heavy atom. The van der Waals surface area contributed by atoms with Gasteiger partial charge in [-0.25, -0.2) is 0 Å². The van der Waals surface area contributed by atoms with Crippen LogP contribution in [0, 0.1) is 0 Å². The van der Waals surface area contributed by atoms with Gasteiger partial charge >= 0.3 is 0 Å². The summed E-state index contributed by atoms with van der Waals surface area (Å²) in [5.74, 6) is 0. The first-order chi connectivity index (χ1) is 7.66. The zero-order chi connectivity index (χ0) is 11.5. The van der Waals surface area contributed by atoms with Gasteiger partial charge in [0.1, 0.15) is 0 Å². The third kappa shape index (κ3) is 3.62. The average molecular weight is 289 g/mol.